The summed E-state index contributed by atoms with van der Waals surface area (Å²) in [5.41, 5.74) is 1.62. The van der Waals surface area contributed by atoms with E-state index in [9.17, 15) is 4.79 Å². The van der Waals surface area contributed by atoms with Crippen LogP contribution in [0.3, 0.4) is 0 Å². The minimum Gasteiger partial charge on any atom is -0.493 e. The number of para-hydroxylation sites is 1. The highest BCUT2D eigenvalue weighted by atomic mass is 35.5. The second kappa shape index (κ2) is 9.53. The van der Waals surface area contributed by atoms with Gasteiger partial charge in [-0.1, -0.05) is 49.2 Å². The predicted molar refractivity (Wildman–Crippen MR) is 111 cm³/mol. The zero-order valence-corrected chi connectivity index (χ0v) is 16.6. The summed E-state index contributed by atoms with van der Waals surface area (Å²) in [7, 11) is 0. The first-order chi connectivity index (χ1) is 13.2. The average molecular weight is 401 g/mol. The van der Waals surface area contributed by atoms with Crippen molar-refractivity contribution >= 4 is 34.0 Å². The van der Waals surface area contributed by atoms with Gasteiger partial charge in [-0.05, 0) is 36.2 Å². The maximum Gasteiger partial charge on any atom is 0.261 e. The fraction of sp³-hybridized carbons (Fsp3) is 0.238. The van der Waals surface area contributed by atoms with Crippen LogP contribution in [0.2, 0.25) is 5.02 Å². The van der Waals surface area contributed by atoms with Crippen LogP contribution in [0.15, 0.2) is 54.7 Å². The summed E-state index contributed by atoms with van der Waals surface area (Å²) in [6.45, 7) is 2.70. The molecule has 4 nitrogen and oxygen atoms in total. The number of rotatable bonds is 8. The van der Waals surface area contributed by atoms with Crippen LogP contribution in [0.5, 0.6) is 5.75 Å². The minimum absolute atomic E-state index is 0.217. The van der Waals surface area contributed by atoms with Crippen LogP contribution < -0.4 is 10.1 Å². The van der Waals surface area contributed by atoms with Gasteiger partial charge in [-0.2, -0.15) is 0 Å². The lowest BCUT2D eigenvalue weighted by atomic mass is 10.1. The van der Waals surface area contributed by atoms with Crippen LogP contribution in [0.1, 0.15) is 40.6 Å². The van der Waals surface area contributed by atoms with Gasteiger partial charge in [0, 0.05) is 22.5 Å². The van der Waals surface area contributed by atoms with Gasteiger partial charge in [0.2, 0.25) is 0 Å². The molecule has 1 heterocycles. The topological polar surface area (TPSA) is 51.2 Å². The van der Waals surface area contributed by atoms with Crippen LogP contribution in [0.4, 0.5) is 5.13 Å². The molecule has 0 spiro atoms. The molecule has 140 valence electrons. The lowest BCUT2D eigenvalue weighted by Crippen LogP contribution is -2.13. The standard InChI is InChI=1S/C21H21ClN2O2S/c1-2-3-11-26-19-10-5-4-9-18(19)20(25)24-21-23-14-17(27-21)13-15-7-6-8-16(22)12-15/h4-10,12,14H,2-3,11,13H2,1H3,(H,23,24,25). The zero-order chi connectivity index (χ0) is 19.1. The van der Waals surface area contributed by atoms with Crippen molar-refractivity contribution in [3.63, 3.8) is 0 Å². The van der Waals surface area contributed by atoms with E-state index in [0.29, 0.717) is 28.1 Å². The Balaban J connectivity index is 1.66. The Bertz CT molecular complexity index is 910. The van der Waals surface area contributed by atoms with Gasteiger partial charge in [-0.25, -0.2) is 4.98 Å². The maximum atomic E-state index is 12.6. The van der Waals surface area contributed by atoms with Crippen molar-refractivity contribution in [2.45, 2.75) is 26.2 Å². The number of nitrogens with zero attached hydrogens (tertiary/aromatic N) is 1. The summed E-state index contributed by atoms with van der Waals surface area (Å²) >= 11 is 7.49. The third-order valence-corrected chi connectivity index (χ3v) is 5.08. The SMILES string of the molecule is CCCCOc1ccccc1C(=O)Nc1ncc(Cc2cccc(Cl)c2)s1. The third-order valence-electron chi connectivity index (χ3n) is 3.93. The van der Waals surface area contributed by atoms with Gasteiger partial charge in [0.25, 0.3) is 5.91 Å². The monoisotopic (exact) mass is 400 g/mol. The molecule has 1 N–H and O–H groups in total. The van der Waals surface area contributed by atoms with Gasteiger partial charge in [0.15, 0.2) is 5.13 Å². The minimum atomic E-state index is -0.217. The van der Waals surface area contributed by atoms with Crippen molar-refractivity contribution in [1.82, 2.24) is 4.98 Å². The lowest BCUT2D eigenvalue weighted by molar-refractivity contribution is 0.102. The molecule has 0 unspecified atom stereocenters. The normalized spacial score (nSPS) is 10.6. The van der Waals surface area contributed by atoms with E-state index in [1.165, 1.54) is 11.3 Å². The first kappa shape index (κ1) is 19.4. The molecule has 0 fully saturated rings. The van der Waals surface area contributed by atoms with E-state index < -0.39 is 0 Å². The maximum absolute atomic E-state index is 12.6. The van der Waals surface area contributed by atoms with Crippen molar-refractivity contribution in [3.8, 4) is 5.75 Å². The molecule has 0 saturated heterocycles. The predicted octanol–water partition coefficient (Wildman–Crippen LogP) is 5.82. The summed E-state index contributed by atoms with van der Waals surface area (Å²) in [6.07, 6.45) is 4.51. The number of ether oxygens (including phenoxy) is 1. The number of amides is 1. The molecule has 27 heavy (non-hydrogen) atoms. The Hall–Kier alpha value is -2.37. The van der Waals surface area contributed by atoms with Gasteiger partial charge in [0.1, 0.15) is 5.75 Å². The molecule has 1 aromatic heterocycles. The number of nitrogens with one attached hydrogen (secondary N) is 1. The van der Waals surface area contributed by atoms with Crippen LogP contribution in [0, 0.1) is 0 Å². The number of unbranched alkanes of at least 4 members (excludes halogenated alkanes) is 1. The molecule has 1 amide bonds. The summed E-state index contributed by atoms with van der Waals surface area (Å²) in [6, 6.07) is 15.0. The molecule has 0 bridgehead atoms. The van der Waals surface area contributed by atoms with E-state index >= 15 is 0 Å². The van der Waals surface area contributed by atoms with Crippen LogP contribution in [-0.4, -0.2) is 17.5 Å². The van der Waals surface area contributed by atoms with Crippen molar-refractivity contribution in [1.29, 1.82) is 0 Å². The van der Waals surface area contributed by atoms with Crippen molar-refractivity contribution < 1.29 is 9.53 Å². The van der Waals surface area contributed by atoms with Gasteiger partial charge in [-0.3, -0.25) is 10.1 Å². The molecule has 0 aliphatic carbocycles. The highest BCUT2D eigenvalue weighted by Crippen LogP contribution is 2.25. The number of benzene rings is 2. The average Bonchev–Trinajstić information content (AvgIpc) is 3.09. The van der Waals surface area contributed by atoms with Crippen molar-refractivity contribution in [2.75, 3.05) is 11.9 Å². The van der Waals surface area contributed by atoms with Crippen LogP contribution in [0.25, 0.3) is 0 Å². The molecule has 0 aliphatic rings. The molecule has 0 aliphatic heterocycles. The first-order valence-electron chi connectivity index (χ1n) is 8.88. The smallest absolute Gasteiger partial charge is 0.261 e. The fourth-order valence-electron chi connectivity index (χ4n) is 2.57. The second-order valence-corrected chi connectivity index (χ2v) is 7.64. The van der Waals surface area contributed by atoms with Gasteiger partial charge in [0.05, 0.1) is 12.2 Å². The Morgan fingerprint density at radius 2 is 2.07 bits per heavy atom. The Labute approximate surface area is 168 Å². The highest BCUT2D eigenvalue weighted by Gasteiger charge is 2.14. The van der Waals surface area contributed by atoms with E-state index in [1.54, 1.807) is 12.3 Å². The van der Waals surface area contributed by atoms with Crippen molar-refractivity contribution in [3.05, 3.63) is 75.8 Å². The molecule has 6 heteroatoms. The van der Waals surface area contributed by atoms with E-state index in [4.69, 9.17) is 16.3 Å². The third kappa shape index (κ3) is 5.55. The van der Waals surface area contributed by atoms with E-state index in [0.717, 1.165) is 29.7 Å². The largest absolute Gasteiger partial charge is 0.493 e. The Kier molecular flexibility index (Phi) is 6.85. The number of hydrogen-bond donors (Lipinski definition) is 1. The molecule has 0 saturated carbocycles. The van der Waals surface area contributed by atoms with Crippen LogP contribution in [-0.2, 0) is 6.42 Å². The summed E-state index contributed by atoms with van der Waals surface area (Å²) in [4.78, 5) is 18.0. The van der Waals surface area contributed by atoms with E-state index in [-0.39, 0.29) is 5.91 Å². The fourth-order valence-corrected chi connectivity index (χ4v) is 3.62. The molecule has 2 aromatic carbocycles. The molecular formula is C21H21ClN2O2S. The molecule has 0 atom stereocenters. The molecular weight excluding hydrogens is 380 g/mol. The number of aromatic nitrogens is 1. The molecule has 3 rings (SSSR count). The lowest BCUT2D eigenvalue weighted by Gasteiger charge is -2.10. The number of anilines is 1. The van der Waals surface area contributed by atoms with E-state index in [1.807, 2.05) is 42.5 Å². The van der Waals surface area contributed by atoms with Gasteiger partial charge < -0.3 is 4.74 Å². The van der Waals surface area contributed by atoms with E-state index in [2.05, 4.69) is 17.2 Å². The van der Waals surface area contributed by atoms with Crippen molar-refractivity contribution in [2.24, 2.45) is 0 Å². The highest BCUT2D eigenvalue weighted by molar-refractivity contribution is 7.15. The summed E-state index contributed by atoms with van der Waals surface area (Å²) in [5.74, 6) is 0.380. The summed E-state index contributed by atoms with van der Waals surface area (Å²) < 4.78 is 5.74. The van der Waals surface area contributed by atoms with Crippen LogP contribution >= 0.6 is 22.9 Å². The van der Waals surface area contributed by atoms with Gasteiger partial charge in [-0.15, -0.1) is 11.3 Å². The molecule has 0 radical (unpaired) electrons. The molecule has 3 aromatic rings. The number of hydrogen-bond acceptors (Lipinski definition) is 4. The number of carbonyl (C=O) groups is 1. The number of halogens is 1. The number of carbonyl (C=O) groups excluding carboxylic acids is 1. The zero-order valence-electron chi connectivity index (χ0n) is 15.1. The van der Waals surface area contributed by atoms with Gasteiger partial charge >= 0.3 is 0 Å². The Morgan fingerprint density at radius 1 is 1.22 bits per heavy atom. The second-order valence-electron chi connectivity index (χ2n) is 6.09. The number of thiazole rings is 1. The Morgan fingerprint density at radius 3 is 2.89 bits per heavy atom. The summed E-state index contributed by atoms with van der Waals surface area (Å²) in [5, 5.41) is 4.15. The quantitative estimate of drug-likeness (QED) is 0.485. The first-order valence-corrected chi connectivity index (χ1v) is 10.1.